The number of aliphatic hydroxyl groups is 3. The minimum Gasteiger partial charge on any atom is -0.508 e. The highest BCUT2D eigenvalue weighted by Crippen LogP contribution is 2.53. The predicted octanol–water partition coefficient (Wildman–Crippen LogP) is 3.91. The molecule has 2 aromatic carbocycles. The lowest BCUT2D eigenvalue weighted by atomic mass is 9.57. The van der Waals surface area contributed by atoms with E-state index in [-0.39, 0.29) is 36.1 Å². The number of nitrogens with zero attached hydrogens (tertiary/aromatic N) is 1. The zero-order valence-electron chi connectivity index (χ0n) is 24.1. The molecule has 1 unspecified atom stereocenters. The number of carbonyl (C=O) groups is 3. The topological polar surface area (TPSA) is 161 Å². The third-order valence-corrected chi connectivity index (χ3v) is 9.04. The van der Waals surface area contributed by atoms with Gasteiger partial charge in [-0.1, -0.05) is 30.3 Å². The number of fused-ring (bicyclic) bond motifs is 3. The van der Waals surface area contributed by atoms with Gasteiger partial charge in [0, 0.05) is 17.9 Å². The van der Waals surface area contributed by atoms with Crippen molar-refractivity contribution >= 4 is 23.2 Å². The van der Waals surface area contributed by atoms with Gasteiger partial charge in [0.1, 0.15) is 22.8 Å². The summed E-state index contributed by atoms with van der Waals surface area (Å²) >= 11 is 0. The number of Topliss-reactive ketones (excluding diaryl/α,β-unsaturated/α-hetero) is 2. The molecule has 2 aromatic rings. The molecular formula is C32H33F3N2O7. The normalized spacial score (nSPS) is 25.2. The number of likely N-dealkylation sites (N-methyl/N-ethyl adjacent to an activating group) is 1. The van der Waals surface area contributed by atoms with Gasteiger partial charge < -0.3 is 26.2 Å². The average molecular weight is 615 g/mol. The highest BCUT2D eigenvalue weighted by atomic mass is 19.4. The third-order valence-electron chi connectivity index (χ3n) is 9.04. The van der Waals surface area contributed by atoms with E-state index >= 15 is 0 Å². The van der Waals surface area contributed by atoms with Crippen LogP contribution in [-0.4, -0.2) is 74.7 Å². The summed E-state index contributed by atoms with van der Waals surface area (Å²) in [5.41, 5.74) is 4.23. The summed E-state index contributed by atoms with van der Waals surface area (Å²) in [6, 6.07) is 9.02. The molecule has 9 nitrogen and oxygen atoms in total. The molecule has 4 atom stereocenters. The number of aryl methyl sites for hydroxylation is 1. The van der Waals surface area contributed by atoms with Crippen molar-refractivity contribution < 1.29 is 48.0 Å². The first-order valence-corrected chi connectivity index (χ1v) is 14.2. The Balaban J connectivity index is 1.54. The standard InChI is InChI=1S/C32H33F3N2O7/c1-37(2)25-20-14-17-13-19-18(16-8-6-15(7-9-16)5-3-4-12-31(33,34)35)10-11-21(38)23(19)26(39)22(17)28(41)32(20,44)29(42)24(27(25)40)30(36)43/h6-11,17,20,25,38-39,42,44H,3-5,12-14H2,1-2H3,(H2,36,43)/t17-,20-,25?,32-/m0/s1. The molecular weight excluding hydrogens is 581 g/mol. The number of hydrogen-bond donors (Lipinski definition) is 5. The molecule has 5 rings (SSSR count). The van der Waals surface area contributed by atoms with Crippen molar-refractivity contribution in [3.05, 3.63) is 70.0 Å². The minimum absolute atomic E-state index is 0.0185. The van der Waals surface area contributed by atoms with Crippen molar-refractivity contribution in [2.75, 3.05) is 14.1 Å². The summed E-state index contributed by atoms with van der Waals surface area (Å²) in [6.45, 7) is 0. The van der Waals surface area contributed by atoms with Crippen molar-refractivity contribution in [2.24, 2.45) is 17.6 Å². The number of rotatable bonds is 7. The average Bonchev–Trinajstić information content (AvgIpc) is 2.93. The van der Waals surface area contributed by atoms with Gasteiger partial charge >= 0.3 is 6.18 Å². The molecule has 0 saturated heterocycles. The van der Waals surface area contributed by atoms with E-state index in [9.17, 15) is 48.0 Å². The van der Waals surface area contributed by atoms with E-state index in [0.717, 1.165) is 5.56 Å². The number of nitrogens with two attached hydrogens (primary N) is 1. The van der Waals surface area contributed by atoms with E-state index in [0.29, 0.717) is 29.5 Å². The molecule has 0 heterocycles. The van der Waals surface area contributed by atoms with Gasteiger partial charge in [0.25, 0.3) is 5.91 Å². The summed E-state index contributed by atoms with van der Waals surface area (Å²) in [7, 11) is 3.06. The molecule has 0 aliphatic heterocycles. The smallest absolute Gasteiger partial charge is 0.389 e. The Hall–Kier alpha value is -4.16. The number of phenolic OH excluding ortho intramolecular Hbond substituents is 1. The maximum absolute atomic E-state index is 14.0. The van der Waals surface area contributed by atoms with Gasteiger partial charge in [-0.2, -0.15) is 13.2 Å². The number of carbonyl (C=O) groups excluding carboxylic acids is 3. The van der Waals surface area contributed by atoms with E-state index in [1.165, 1.54) is 25.1 Å². The molecule has 0 bridgehead atoms. The van der Waals surface area contributed by atoms with Gasteiger partial charge in [-0.05, 0) is 80.4 Å². The minimum atomic E-state index is -4.19. The number of unbranched alkanes of at least 4 members (excludes halogenated alkanes) is 1. The van der Waals surface area contributed by atoms with E-state index < -0.39 is 70.6 Å². The van der Waals surface area contributed by atoms with Crippen molar-refractivity contribution in [3.8, 4) is 16.9 Å². The van der Waals surface area contributed by atoms with Gasteiger partial charge in [-0.15, -0.1) is 0 Å². The number of amides is 1. The van der Waals surface area contributed by atoms with Gasteiger partial charge in [0.2, 0.25) is 5.78 Å². The van der Waals surface area contributed by atoms with Crippen LogP contribution in [0.4, 0.5) is 13.2 Å². The molecule has 12 heteroatoms. The number of hydrogen-bond acceptors (Lipinski definition) is 8. The lowest BCUT2D eigenvalue weighted by Crippen LogP contribution is -2.65. The largest absolute Gasteiger partial charge is 0.508 e. The Bertz CT molecular complexity index is 1610. The van der Waals surface area contributed by atoms with Gasteiger partial charge in [0.05, 0.1) is 11.6 Å². The number of benzene rings is 2. The molecule has 3 aliphatic carbocycles. The Labute approximate surface area is 251 Å². The lowest BCUT2D eigenvalue weighted by Gasteiger charge is -2.50. The van der Waals surface area contributed by atoms with Crippen LogP contribution in [0.1, 0.15) is 42.4 Å². The van der Waals surface area contributed by atoms with Crippen LogP contribution in [0.3, 0.4) is 0 Å². The fourth-order valence-corrected chi connectivity index (χ4v) is 7.02. The summed E-state index contributed by atoms with van der Waals surface area (Å²) < 4.78 is 37.4. The molecule has 3 aliphatic rings. The number of halogens is 3. The summed E-state index contributed by atoms with van der Waals surface area (Å²) in [5.74, 6) is -7.16. The Morgan fingerprint density at radius 1 is 1.05 bits per heavy atom. The maximum Gasteiger partial charge on any atom is 0.389 e. The number of aliphatic hydroxyl groups excluding tert-OH is 2. The number of alkyl halides is 3. The number of phenols is 1. The fraction of sp³-hybridized carbons (Fsp3) is 0.406. The maximum atomic E-state index is 14.0. The van der Waals surface area contributed by atoms with Crippen molar-refractivity contribution in [1.29, 1.82) is 0 Å². The monoisotopic (exact) mass is 614 g/mol. The van der Waals surface area contributed by atoms with Gasteiger partial charge in [-0.3, -0.25) is 19.3 Å². The van der Waals surface area contributed by atoms with Gasteiger partial charge in [0.15, 0.2) is 11.4 Å². The molecule has 234 valence electrons. The number of primary amides is 1. The van der Waals surface area contributed by atoms with E-state index in [4.69, 9.17) is 5.73 Å². The Morgan fingerprint density at radius 2 is 1.70 bits per heavy atom. The fourth-order valence-electron chi connectivity index (χ4n) is 7.02. The number of ketones is 2. The third kappa shape index (κ3) is 5.05. The summed E-state index contributed by atoms with van der Waals surface area (Å²) in [5, 5.41) is 44.9. The molecule has 0 radical (unpaired) electrons. The molecule has 1 amide bonds. The molecule has 6 N–H and O–H groups in total. The van der Waals surface area contributed by atoms with Crippen LogP contribution in [0.15, 0.2) is 53.3 Å². The second-order valence-corrected chi connectivity index (χ2v) is 12.0. The second kappa shape index (κ2) is 11.1. The lowest BCUT2D eigenvalue weighted by molar-refractivity contribution is -0.153. The zero-order valence-corrected chi connectivity index (χ0v) is 24.1. The van der Waals surface area contributed by atoms with E-state index in [1.807, 2.05) is 0 Å². The second-order valence-electron chi connectivity index (χ2n) is 12.0. The number of aromatic hydroxyl groups is 1. The molecule has 44 heavy (non-hydrogen) atoms. The SMILES string of the molecule is CN(C)C1C(=O)C(C(N)=O)=C(O)[C@@]2(O)C(=O)C3=C(O)c4c(O)ccc(-c5ccc(CCCCC(F)(F)F)cc5)c4C[C@H]3C[C@@H]12. The quantitative estimate of drug-likeness (QED) is 0.232. The molecule has 1 fully saturated rings. The van der Waals surface area contributed by atoms with Crippen molar-refractivity contribution in [1.82, 2.24) is 4.90 Å². The molecule has 0 aromatic heterocycles. The van der Waals surface area contributed by atoms with Crippen LogP contribution in [-0.2, 0) is 27.2 Å². The first kappa shape index (κ1) is 31.3. The Kier molecular flexibility index (Phi) is 7.88. The predicted molar refractivity (Wildman–Crippen MR) is 153 cm³/mol. The first-order valence-electron chi connectivity index (χ1n) is 14.2. The van der Waals surface area contributed by atoms with Crippen molar-refractivity contribution in [2.45, 2.75) is 56.3 Å². The summed E-state index contributed by atoms with van der Waals surface area (Å²) in [4.78, 5) is 40.8. The molecule has 0 spiro atoms. The highest BCUT2D eigenvalue weighted by molar-refractivity contribution is 6.24. The summed E-state index contributed by atoms with van der Waals surface area (Å²) in [6.07, 6.45) is -4.05. The van der Waals surface area contributed by atoms with E-state index in [2.05, 4.69) is 0 Å². The van der Waals surface area contributed by atoms with Crippen molar-refractivity contribution in [3.63, 3.8) is 0 Å². The van der Waals surface area contributed by atoms with Crippen LogP contribution < -0.4 is 5.73 Å². The molecule has 1 saturated carbocycles. The Morgan fingerprint density at radius 3 is 2.30 bits per heavy atom. The van der Waals surface area contributed by atoms with Crippen LogP contribution in [0.5, 0.6) is 5.75 Å². The zero-order chi connectivity index (χ0) is 32.3. The van der Waals surface area contributed by atoms with Gasteiger partial charge in [-0.25, -0.2) is 0 Å². The highest BCUT2D eigenvalue weighted by Gasteiger charge is 2.64. The first-order chi connectivity index (χ1) is 20.6. The van der Waals surface area contributed by atoms with Crippen LogP contribution in [0.2, 0.25) is 0 Å². The van der Waals surface area contributed by atoms with E-state index in [1.54, 1.807) is 30.3 Å². The van der Waals surface area contributed by atoms with Crippen LogP contribution >= 0.6 is 0 Å². The van der Waals surface area contributed by atoms with Crippen LogP contribution in [0.25, 0.3) is 16.9 Å². The van der Waals surface area contributed by atoms with Crippen LogP contribution in [0, 0.1) is 11.8 Å².